The fourth-order valence-electron chi connectivity index (χ4n) is 1.95. The Morgan fingerprint density at radius 2 is 2.25 bits per heavy atom. The highest BCUT2D eigenvalue weighted by atomic mass is 19.1. The molecule has 0 spiro atoms. The fraction of sp³-hybridized carbons (Fsp3) is 0.385. The molecule has 1 fully saturated rings. The summed E-state index contributed by atoms with van der Waals surface area (Å²) in [4.78, 5) is 23.5. The van der Waals surface area contributed by atoms with E-state index in [1.807, 2.05) is 6.07 Å². The van der Waals surface area contributed by atoms with Crippen LogP contribution in [0.2, 0.25) is 0 Å². The van der Waals surface area contributed by atoms with E-state index in [4.69, 9.17) is 5.26 Å². The SMILES string of the molecule is N#CCCN(C(=O)c1ccc([N+](=O)[O-])cc1F)C1CC1. The minimum atomic E-state index is -0.910. The number of hydrogen-bond acceptors (Lipinski definition) is 4. The lowest BCUT2D eigenvalue weighted by atomic mass is 10.1. The summed E-state index contributed by atoms with van der Waals surface area (Å²) in [6, 6.07) is 4.96. The van der Waals surface area contributed by atoms with Gasteiger partial charge in [0, 0.05) is 18.7 Å². The van der Waals surface area contributed by atoms with Crippen molar-refractivity contribution in [2.24, 2.45) is 0 Å². The first-order chi connectivity index (χ1) is 9.54. The Labute approximate surface area is 114 Å². The molecule has 1 aromatic rings. The van der Waals surface area contributed by atoms with E-state index >= 15 is 0 Å². The summed E-state index contributed by atoms with van der Waals surface area (Å²) in [5.74, 6) is -1.43. The van der Waals surface area contributed by atoms with Crippen molar-refractivity contribution in [3.63, 3.8) is 0 Å². The van der Waals surface area contributed by atoms with Crippen LogP contribution < -0.4 is 0 Å². The van der Waals surface area contributed by atoms with Gasteiger partial charge in [-0.15, -0.1) is 0 Å². The zero-order chi connectivity index (χ0) is 14.7. The Kier molecular flexibility index (Phi) is 3.94. The van der Waals surface area contributed by atoms with Crippen LogP contribution in [-0.4, -0.2) is 28.3 Å². The molecule has 1 saturated carbocycles. The highest BCUT2D eigenvalue weighted by molar-refractivity contribution is 5.95. The summed E-state index contributed by atoms with van der Waals surface area (Å²) in [5.41, 5.74) is -0.588. The van der Waals surface area contributed by atoms with Crippen molar-refractivity contribution in [2.45, 2.75) is 25.3 Å². The Morgan fingerprint density at radius 1 is 1.55 bits per heavy atom. The third kappa shape index (κ3) is 2.91. The van der Waals surface area contributed by atoms with Crippen molar-refractivity contribution >= 4 is 11.6 Å². The van der Waals surface area contributed by atoms with Gasteiger partial charge in [-0.25, -0.2) is 4.39 Å². The summed E-state index contributed by atoms with van der Waals surface area (Å²) in [7, 11) is 0. The summed E-state index contributed by atoms with van der Waals surface area (Å²) < 4.78 is 13.8. The van der Waals surface area contributed by atoms with Crippen LogP contribution in [0.15, 0.2) is 18.2 Å². The first-order valence-corrected chi connectivity index (χ1v) is 6.16. The van der Waals surface area contributed by atoms with Gasteiger partial charge >= 0.3 is 0 Å². The molecule has 1 aromatic carbocycles. The number of nitro groups is 1. The smallest absolute Gasteiger partial charge is 0.272 e. The second kappa shape index (κ2) is 5.65. The maximum Gasteiger partial charge on any atom is 0.272 e. The number of non-ortho nitro benzene ring substituents is 1. The number of nitriles is 1. The predicted octanol–water partition coefficient (Wildman–Crippen LogP) is 2.25. The maximum absolute atomic E-state index is 13.8. The normalized spacial score (nSPS) is 13.6. The number of halogens is 1. The van der Waals surface area contributed by atoms with Crippen LogP contribution in [0, 0.1) is 27.3 Å². The predicted molar refractivity (Wildman–Crippen MR) is 67.3 cm³/mol. The summed E-state index contributed by atoms with van der Waals surface area (Å²) >= 11 is 0. The Morgan fingerprint density at radius 3 is 2.75 bits per heavy atom. The Hall–Kier alpha value is -2.49. The van der Waals surface area contributed by atoms with Crippen molar-refractivity contribution in [2.75, 3.05) is 6.54 Å². The lowest BCUT2D eigenvalue weighted by Gasteiger charge is -2.21. The van der Waals surface area contributed by atoms with E-state index in [9.17, 15) is 19.3 Å². The molecule has 0 radical (unpaired) electrons. The van der Waals surface area contributed by atoms with E-state index in [1.54, 1.807) is 0 Å². The van der Waals surface area contributed by atoms with Crippen molar-refractivity contribution < 1.29 is 14.1 Å². The molecule has 0 N–H and O–H groups in total. The number of benzene rings is 1. The lowest BCUT2D eigenvalue weighted by Crippen LogP contribution is -2.34. The number of amides is 1. The van der Waals surface area contributed by atoms with Crippen LogP contribution in [0.5, 0.6) is 0 Å². The number of rotatable bonds is 5. The second-order valence-corrected chi connectivity index (χ2v) is 4.56. The van der Waals surface area contributed by atoms with Crippen LogP contribution >= 0.6 is 0 Å². The zero-order valence-corrected chi connectivity index (χ0v) is 10.6. The first-order valence-electron chi connectivity index (χ1n) is 6.16. The molecule has 1 amide bonds. The minimum absolute atomic E-state index is 0.0467. The molecule has 0 aromatic heterocycles. The zero-order valence-electron chi connectivity index (χ0n) is 10.6. The molecular formula is C13H12FN3O3. The van der Waals surface area contributed by atoms with E-state index in [0.717, 1.165) is 31.0 Å². The molecule has 7 heteroatoms. The van der Waals surface area contributed by atoms with Gasteiger partial charge < -0.3 is 4.90 Å². The molecule has 20 heavy (non-hydrogen) atoms. The average molecular weight is 277 g/mol. The second-order valence-electron chi connectivity index (χ2n) is 4.56. The van der Waals surface area contributed by atoms with Gasteiger partial charge in [-0.1, -0.05) is 0 Å². The fourth-order valence-corrected chi connectivity index (χ4v) is 1.95. The number of carbonyl (C=O) groups excluding carboxylic acids is 1. The van der Waals surface area contributed by atoms with Crippen LogP contribution in [0.25, 0.3) is 0 Å². The van der Waals surface area contributed by atoms with Gasteiger partial charge in [-0.05, 0) is 18.9 Å². The third-order valence-electron chi connectivity index (χ3n) is 3.11. The molecule has 6 nitrogen and oxygen atoms in total. The van der Waals surface area contributed by atoms with E-state index in [1.165, 1.54) is 4.90 Å². The molecule has 0 atom stereocenters. The summed E-state index contributed by atoms with van der Waals surface area (Å²) in [6.07, 6.45) is 1.86. The van der Waals surface area contributed by atoms with Gasteiger partial charge in [0.2, 0.25) is 0 Å². The molecular weight excluding hydrogens is 265 g/mol. The molecule has 1 aliphatic rings. The van der Waals surface area contributed by atoms with Gasteiger partial charge in [0.15, 0.2) is 0 Å². The van der Waals surface area contributed by atoms with Crippen LogP contribution in [-0.2, 0) is 0 Å². The number of nitro benzene ring substituents is 1. The van der Waals surface area contributed by atoms with Crippen molar-refractivity contribution in [1.82, 2.24) is 4.90 Å². The highest BCUT2D eigenvalue weighted by Gasteiger charge is 2.33. The van der Waals surface area contributed by atoms with Crippen LogP contribution in [0.3, 0.4) is 0 Å². The number of carbonyl (C=O) groups is 1. The summed E-state index contributed by atoms with van der Waals surface area (Å²) in [6.45, 7) is 0.246. The molecule has 2 rings (SSSR count). The monoisotopic (exact) mass is 277 g/mol. The third-order valence-corrected chi connectivity index (χ3v) is 3.11. The molecule has 104 valence electrons. The number of hydrogen-bond donors (Lipinski definition) is 0. The van der Waals surface area contributed by atoms with E-state index in [2.05, 4.69) is 0 Å². The van der Waals surface area contributed by atoms with Crippen LogP contribution in [0.1, 0.15) is 29.6 Å². The molecule has 1 aliphatic carbocycles. The molecule has 0 bridgehead atoms. The quantitative estimate of drug-likeness (QED) is 0.610. The van der Waals surface area contributed by atoms with Crippen LogP contribution in [0.4, 0.5) is 10.1 Å². The number of nitrogens with zero attached hydrogens (tertiary/aromatic N) is 3. The lowest BCUT2D eigenvalue weighted by molar-refractivity contribution is -0.385. The van der Waals surface area contributed by atoms with Gasteiger partial charge in [0.1, 0.15) is 5.82 Å². The van der Waals surface area contributed by atoms with Crippen molar-refractivity contribution in [3.05, 3.63) is 39.7 Å². The first kappa shape index (κ1) is 13.9. The molecule has 0 saturated heterocycles. The minimum Gasteiger partial charge on any atom is -0.335 e. The van der Waals surface area contributed by atoms with E-state index in [0.29, 0.717) is 0 Å². The van der Waals surface area contributed by atoms with Gasteiger partial charge in [-0.3, -0.25) is 14.9 Å². The maximum atomic E-state index is 13.8. The summed E-state index contributed by atoms with van der Waals surface area (Å²) in [5, 5.41) is 19.1. The molecule has 0 aliphatic heterocycles. The standard InChI is InChI=1S/C13H12FN3O3/c14-12-8-10(17(19)20)4-5-11(12)13(18)16(7-1-6-15)9-2-3-9/h4-5,8-9H,1-3,7H2. The van der Waals surface area contributed by atoms with E-state index < -0.39 is 22.3 Å². The molecule has 0 heterocycles. The molecule has 0 unspecified atom stereocenters. The van der Waals surface area contributed by atoms with Gasteiger partial charge in [-0.2, -0.15) is 5.26 Å². The Balaban J connectivity index is 2.23. The topological polar surface area (TPSA) is 87.2 Å². The Bertz CT molecular complexity index is 593. The average Bonchev–Trinajstić information content (AvgIpc) is 3.23. The largest absolute Gasteiger partial charge is 0.335 e. The van der Waals surface area contributed by atoms with Gasteiger partial charge in [0.25, 0.3) is 11.6 Å². The highest BCUT2D eigenvalue weighted by Crippen LogP contribution is 2.29. The van der Waals surface area contributed by atoms with Crippen molar-refractivity contribution in [1.29, 1.82) is 5.26 Å². The van der Waals surface area contributed by atoms with E-state index in [-0.39, 0.29) is 24.6 Å². The van der Waals surface area contributed by atoms with Crippen molar-refractivity contribution in [3.8, 4) is 6.07 Å². The van der Waals surface area contributed by atoms with Gasteiger partial charge in [0.05, 0.1) is 29.0 Å².